The summed E-state index contributed by atoms with van der Waals surface area (Å²) in [5.41, 5.74) is 1.13. The second-order valence-electron chi connectivity index (χ2n) is 2.81. The number of nitrogens with zero attached hydrogens (tertiary/aromatic N) is 1. The molecule has 1 aromatic heterocycles. The molecule has 0 amide bonds. The van der Waals surface area contributed by atoms with Crippen LogP contribution in [0.25, 0.3) is 0 Å². The van der Waals surface area contributed by atoms with Crippen LogP contribution in [0.15, 0.2) is 18.5 Å². The third-order valence-electron chi connectivity index (χ3n) is 1.35. The Morgan fingerprint density at radius 3 is 2.38 bits per heavy atom. The van der Waals surface area contributed by atoms with E-state index in [9.17, 15) is 0 Å². The van der Waals surface area contributed by atoms with E-state index >= 15 is 0 Å². The van der Waals surface area contributed by atoms with E-state index in [0.29, 0.717) is 0 Å². The highest BCUT2D eigenvalue weighted by atomic mass is 16.5. The zero-order valence-electron chi connectivity index (χ0n) is 9.16. The van der Waals surface area contributed by atoms with Gasteiger partial charge in [-0.2, -0.15) is 0 Å². The Morgan fingerprint density at radius 1 is 1.31 bits per heavy atom. The summed E-state index contributed by atoms with van der Waals surface area (Å²) in [6, 6.07) is 1.94. The van der Waals surface area contributed by atoms with Crippen LogP contribution >= 0.6 is 0 Å². The van der Waals surface area contributed by atoms with Crippen LogP contribution in [0.5, 0.6) is 5.75 Å². The van der Waals surface area contributed by atoms with Crippen LogP contribution in [0.4, 0.5) is 0 Å². The van der Waals surface area contributed by atoms with E-state index < -0.39 is 0 Å². The summed E-state index contributed by atoms with van der Waals surface area (Å²) < 4.78 is 5.48. The first-order valence-electron chi connectivity index (χ1n) is 4.77. The van der Waals surface area contributed by atoms with Gasteiger partial charge in [0.25, 0.3) is 0 Å². The maximum absolute atomic E-state index is 5.48. The maximum Gasteiger partial charge on any atom is 0.140 e. The zero-order chi connectivity index (χ0) is 10.3. The fourth-order valence-corrected chi connectivity index (χ4v) is 0.827. The molecule has 2 nitrogen and oxygen atoms in total. The van der Waals surface area contributed by atoms with E-state index in [1.165, 1.54) is 0 Å². The molecule has 1 rings (SSSR count). The molecule has 1 heterocycles. The molecule has 0 saturated heterocycles. The summed E-state index contributed by atoms with van der Waals surface area (Å²) in [5, 5.41) is 0. The van der Waals surface area contributed by atoms with Gasteiger partial charge in [-0.05, 0) is 32.4 Å². The summed E-state index contributed by atoms with van der Waals surface area (Å²) in [6.45, 7) is 10.0. The Morgan fingerprint density at radius 2 is 1.92 bits per heavy atom. The van der Waals surface area contributed by atoms with Gasteiger partial charge >= 0.3 is 0 Å². The molecule has 0 saturated carbocycles. The molecule has 0 aromatic carbocycles. The largest absolute Gasteiger partial charge is 0.489 e. The molecule has 74 valence electrons. The molecule has 0 fully saturated rings. The smallest absolute Gasteiger partial charge is 0.140 e. The molecule has 0 aliphatic rings. The summed E-state index contributed by atoms with van der Waals surface area (Å²) in [7, 11) is 0. The van der Waals surface area contributed by atoms with Gasteiger partial charge in [0, 0.05) is 6.20 Å². The second-order valence-corrected chi connectivity index (χ2v) is 2.81. The molecular formula is C11H19NO. The highest BCUT2D eigenvalue weighted by Crippen LogP contribution is 2.15. The van der Waals surface area contributed by atoms with Crippen molar-refractivity contribution in [2.45, 2.75) is 40.7 Å². The van der Waals surface area contributed by atoms with Crippen LogP contribution in [0.3, 0.4) is 0 Å². The van der Waals surface area contributed by atoms with Gasteiger partial charge in [0.15, 0.2) is 0 Å². The van der Waals surface area contributed by atoms with Gasteiger partial charge in [0.1, 0.15) is 5.75 Å². The number of rotatable bonds is 2. The van der Waals surface area contributed by atoms with E-state index in [-0.39, 0.29) is 6.10 Å². The number of hydrogen-bond donors (Lipinski definition) is 0. The first-order chi connectivity index (χ1) is 6.20. The predicted molar refractivity (Wildman–Crippen MR) is 56.1 cm³/mol. The van der Waals surface area contributed by atoms with E-state index in [0.717, 1.165) is 11.3 Å². The lowest BCUT2D eigenvalue weighted by atomic mass is 10.3. The molecule has 13 heavy (non-hydrogen) atoms. The Labute approximate surface area is 81.0 Å². The minimum Gasteiger partial charge on any atom is -0.489 e. The van der Waals surface area contributed by atoms with Crippen LogP contribution in [0.1, 0.15) is 33.3 Å². The Bertz CT molecular complexity index is 233. The van der Waals surface area contributed by atoms with Crippen LogP contribution in [-0.4, -0.2) is 11.1 Å². The Hall–Kier alpha value is -1.05. The van der Waals surface area contributed by atoms with Gasteiger partial charge in [0.05, 0.1) is 12.3 Å². The number of ether oxygens (including phenoxy) is 1. The standard InChI is InChI=1S/C9H13NO.C2H6/c1-7(2)11-9-6-10-5-4-8(9)3;1-2/h4-7H,1-3H3;1-2H3. The van der Waals surface area contributed by atoms with Crippen molar-refractivity contribution in [3.05, 3.63) is 24.0 Å². The van der Waals surface area contributed by atoms with Crippen molar-refractivity contribution in [1.29, 1.82) is 0 Å². The lowest BCUT2D eigenvalue weighted by molar-refractivity contribution is 0.240. The fraction of sp³-hybridized carbons (Fsp3) is 0.545. The summed E-state index contributed by atoms with van der Waals surface area (Å²) in [4.78, 5) is 3.97. The van der Waals surface area contributed by atoms with Gasteiger partial charge in [-0.25, -0.2) is 0 Å². The first-order valence-corrected chi connectivity index (χ1v) is 4.77. The van der Waals surface area contributed by atoms with Gasteiger partial charge in [0.2, 0.25) is 0 Å². The molecule has 2 heteroatoms. The highest BCUT2D eigenvalue weighted by molar-refractivity contribution is 5.27. The number of pyridine rings is 1. The summed E-state index contributed by atoms with van der Waals surface area (Å²) in [6.07, 6.45) is 3.73. The van der Waals surface area contributed by atoms with Crippen molar-refractivity contribution in [3.63, 3.8) is 0 Å². The molecule has 1 aromatic rings. The molecule has 0 aliphatic carbocycles. The minimum atomic E-state index is 0.220. The van der Waals surface area contributed by atoms with E-state index in [2.05, 4.69) is 4.98 Å². The lowest BCUT2D eigenvalue weighted by Gasteiger charge is -2.10. The zero-order valence-corrected chi connectivity index (χ0v) is 9.16. The van der Waals surface area contributed by atoms with Gasteiger partial charge in [-0.15, -0.1) is 0 Å². The van der Waals surface area contributed by atoms with Crippen LogP contribution in [0.2, 0.25) is 0 Å². The average Bonchev–Trinajstić information content (AvgIpc) is 2.12. The van der Waals surface area contributed by atoms with Crippen molar-refractivity contribution in [3.8, 4) is 5.75 Å². The topological polar surface area (TPSA) is 22.1 Å². The van der Waals surface area contributed by atoms with Gasteiger partial charge in [-0.3, -0.25) is 4.98 Å². The van der Waals surface area contributed by atoms with E-state index in [1.54, 1.807) is 12.4 Å². The van der Waals surface area contributed by atoms with Crippen LogP contribution in [-0.2, 0) is 0 Å². The molecule has 0 bridgehead atoms. The molecule has 0 radical (unpaired) electrons. The normalized spacial score (nSPS) is 9.08. The molecule has 0 spiro atoms. The molecule has 0 unspecified atom stereocenters. The van der Waals surface area contributed by atoms with Crippen molar-refractivity contribution < 1.29 is 4.74 Å². The first kappa shape index (κ1) is 11.9. The molecule has 0 atom stereocenters. The molecule has 0 aliphatic heterocycles. The Balaban J connectivity index is 0.000000671. The van der Waals surface area contributed by atoms with Crippen molar-refractivity contribution in [2.75, 3.05) is 0 Å². The number of hydrogen-bond acceptors (Lipinski definition) is 2. The lowest BCUT2D eigenvalue weighted by Crippen LogP contribution is -2.06. The minimum absolute atomic E-state index is 0.220. The van der Waals surface area contributed by atoms with E-state index in [1.807, 2.05) is 40.7 Å². The quantitative estimate of drug-likeness (QED) is 0.699. The van der Waals surface area contributed by atoms with Crippen LogP contribution in [0, 0.1) is 6.92 Å². The Kier molecular flexibility index (Phi) is 5.94. The second kappa shape index (κ2) is 6.46. The SMILES string of the molecule is CC.Cc1ccncc1OC(C)C. The molecule has 0 N–H and O–H groups in total. The maximum atomic E-state index is 5.48. The fourth-order valence-electron chi connectivity index (χ4n) is 0.827. The summed E-state index contributed by atoms with van der Waals surface area (Å²) in [5.74, 6) is 0.877. The predicted octanol–water partition coefficient (Wildman–Crippen LogP) is 3.20. The number of aromatic nitrogens is 1. The summed E-state index contributed by atoms with van der Waals surface area (Å²) >= 11 is 0. The van der Waals surface area contributed by atoms with E-state index in [4.69, 9.17) is 4.74 Å². The average molecular weight is 181 g/mol. The monoisotopic (exact) mass is 181 g/mol. The van der Waals surface area contributed by atoms with Crippen LogP contribution < -0.4 is 4.74 Å². The van der Waals surface area contributed by atoms with Crippen molar-refractivity contribution in [2.24, 2.45) is 0 Å². The highest BCUT2D eigenvalue weighted by Gasteiger charge is 1.99. The third-order valence-corrected chi connectivity index (χ3v) is 1.35. The van der Waals surface area contributed by atoms with Crippen molar-refractivity contribution in [1.82, 2.24) is 4.98 Å². The van der Waals surface area contributed by atoms with Gasteiger partial charge < -0.3 is 4.74 Å². The van der Waals surface area contributed by atoms with Gasteiger partial charge in [-0.1, -0.05) is 13.8 Å². The number of aryl methyl sites for hydroxylation is 1. The van der Waals surface area contributed by atoms with Crippen molar-refractivity contribution >= 4 is 0 Å². The third kappa shape index (κ3) is 4.51. The molecular weight excluding hydrogens is 162 g/mol.